The van der Waals surface area contributed by atoms with Crippen LogP contribution in [0.15, 0.2) is 75.1 Å². The highest BCUT2D eigenvalue weighted by Crippen LogP contribution is 2.26. The van der Waals surface area contributed by atoms with Gasteiger partial charge in [0.25, 0.3) is 10.0 Å². The number of hydrogen-bond acceptors (Lipinski definition) is 5. The van der Waals surface area contributed by atoms with Crippen LogP contribution in [0.3, 0.4) is 0 Å². The third kappa shape index (κ3) is 6.70. The number of carbonyl (C=O) groups excluding carboxylic acids is 1. The number of hydrogen-bond donors (Lipinski definition) is 1. The number of nitrogens with one attached hydrogen (secondary N) is 1. The molecule has 0 spiro atoms. The third-order valence-corrected chi connectivity index (χ3v) is 8.66. The molecule has 5 nitrogen and oxygen atoms in total. The molecule has 10 heteroatoms. The number of sulfonamides is 1. The first-order valence-corrected chi connectivity index (χ1v) is 13.0. The molecule has 1 N–H and O–H groups in total. The lowest BCUT2D eigenvalue weighted by atomic mass is 10.3. The molecule has 0 aliphatic rings. The predicted octanol–water partition coefficient (Wildman–Crippen LogP) is 5.03. The van der Waals surface area contributed by atoms with Gasteiger partial charge in [-0.25, -0.2) is 12.8 Å². The highest BCUT2D eigenvalue weighted by atomic mass is 35.5. The van der Waals surface area contributed by atoms with Gasteiger partial charge in [-0.2, -0.15) is 0 Å². The maximum absolute atomic E-state index is 13.3. The Bertz CT molecular complexity index is 1090. The Kier molecular flexibility index (Phi) is 8.36. The van der Waals surface area contributed by atoms with Crippen molar-refractivity contribution in [3.8, 4) is 0 Å². The first-order valence-electron chi connectivity index (χ1n) is 9.33. The highest BCUT2D eigenvalue weighted by molar-refractivity contribution is 7.99. The van der Waals surface area contributed by atoms with Gasteiger partial charge in [-0.1, -0.05) is 17.7 Å². The molecule has 31 heavy (non-hydrogen) atoms. The van der Waals surface area contributed by atoms with Crippen LogP contribution in [0.25, 0.3) is 0 Å². The van der Waals surface area contributed by atoms with Crippen LogP contribution in [-0.4, -0.2) is 33.2 Å². The number of benzene rings is 2. The van der Waals surface area contributed by atoms with Crippen molar-refractivity contribution in [2.24, 2.45) is 0 Å². The van der Waals surface area contributed by atoms with Gasteiger partial charge in [-0.3, -0.25) is 9.10 Å². The van der Waals surface area contributed by atoms with Crippen molar-refractivity contribution in [3.63, 3.8) is 0 Å². The van der Waals surface area contributed by atoms with Crippen molar-refractivity contribution >= 4 is 56.3 Å². The fourth-order valence-electron chi connectivity index (χ4n) is 2.65. The summed E-state index contributed by atoms with van der Waals surface area (Å²) in [6, 6.07) is 15.6. The van der Waals surface area contributed by atoms with Crippen molar-refractivity contribution < 1.29 is 17.6 Å². The zero-order valence-electron chi connectivity index (χ0n) is 16.3. The molecule has 1 amide bonds. The maximum Gasteiger partial charge on any atom is 0.274 e. The largest absolute Gasteiger partial charge is 0.354 e. The van der Waals surface area contributed by atoms with Gasteiger partial charge in [0.1, 0.15) is 16.6 Å². The van der Waals surface area contributed by atoms with E-state index in [0.717, 1.165) is 38.4 Å². The molecule has 164 valence electrons. The van der Waals surface area contributed by atoms with Crippen LogP contribution in [-0.2, 0) is 14.8 Å². The van der Waals surface area contributed by atoms with E-state index in [1.54, 1.807) is 23.2 Å². The lowest BCUT2D eigenvalue weighted by Crippen LogP contribution is -2.41. The average molecular weight is 499 g/mol. The van der Waals surface area contributed by atoms with E-state index < -0.39 is 28.3 Å². The van der Waals surface area contributed by atoms with Gasteiger partial charge in [-0.05, 0) is 72.2 Å². The molecule has 0 saturated heterocycles. The average Bonchev–Trinajstić information content (AvgIpc) is 3.30. The Morgan fingerprint density at radius 3 is 2.45 bits per heavy atom. The fraction of sp³-hybridized carbons (Fsp3) is 0.190. The van der Waals surface area contributed by atoms with Gasteiger partial charge in [0.2, 0.25) is 5.91 Å². The van der Waals surface area contributed by atoms with Crippen LogP contribution < -0.4 is 9.62 Å². The van der Waals surface area contributed by atoms with E-state index in [-0.39, 0.29) is 9.90 Å². The quantitative estimate of drug-likeness (QED) is 0.314. The maximum atomic E-state index is 13.3. The molecule has 2 aromatic carbocycles. The van der Waals surface area contributed by atoms with Crippen molar-refractivity contribution in [2.45, 2.75) is 15.5 Å². The molecule has 0 bridgehead atoms. The summed E-state index contributed by atoms with van der Waals surface area (Å²) in [6.45, 7) is 0.0198. The van der Waals surface area contributed by atoms with E-state index >= 15 is 0 Å². The number of thiophene rings is 1. The molecule has 1 heterocycles. The van der Waals surface area contributed by atoms with Crippen molar-refractivity contribution in [1.82, 2.24) is 5.32 Å². The highest BCUT2D eigenvalue weighted by Gasteiger charge is 2.28. The van der Waals surface area contributed by atoms with Gasteiger partial charge in [0, 0.05) is 16.5 Å². The molecule has 0 atom stereocenters. The van der Waals surface area contributed by atoms with E-state index in [1.165, 1.54) is 18.2 Å². The van der Waals surface area contributed by atoms with Crippen LogP contribution >= 0.6 is 34.7 Å². The van der Waals surface area contributed by atoms with E-state index in [2.05, 4.69) is 5.32 Å². The monoisotopic (exact) mass is 498 g/mol. The minimum Gasteiger partial charge on any atom is -0.354 e. The first kappa shape index (κ1) is 23.6. The smallest absolute Gasteiger partial charge is 0.274 e. The van der Waals surface area contributed by atoms with Gasteiger partial charge in [0.15, 0.2) is 0 Å². The minimum absolute atomic E-state index is 0.115. The molecule has 0 aliphatic carbocycles. The Balaban J connectivity index is 1.58. The predicted molar refractivity (Wildman–Crippen MR) is 125 cm³/mol. The summed E-state index contributed by atoms with van der Waals surface area (Å²) < 4.78 is 40.5. The Morgan fingerprint density at radius 1 is 1.10 bits per heavy atom. The molecule has 0 aliphatic heterocycles. The second kappa shape index (κ2) is 11.0. The second-order valence-corrected chi connectivity index (χ2v) is 11.1. The Labute approximate surface area is 194 Å². The lowest BCUT2D eigenvalue weighted by molar-refractivity contribution is -0.119. The summed E-state index contributed by atoms with van der Waals surface area (Å²) in [6.07, 6.45) is 0.716. The molecular formula is C21H20ClFN2O3S3. The lowest BCUT2D eigenvalue weighted by Gasteiger charge is -2.23. The number of rotatable bonds is 10. The van der Waals surface area contributed by atoms with Gasteiger partial charge < -0.3 is 5.32 Å². The molecular weight excluding hydrogens is 479 g/mol. The number of carbonyl (C=O) groups is 1. The first-order chi connectivity index (χ1) is 14.9. The van der Waals surface area contributed by atoms with Crippen molar-refractivity contribution in [3.05, 3.63) is 76.9 Å². The number of nitrogens with zero attached hydrogens (tertiary/aromatic N) is 1. The number of thioether (sulfide) groups is 1. The molecule has 3 aromatic rings. The van der Waals surface area contributed by atoms with Crippen LogP contribution in [0.5, 0.6) is 0 Å². The van der Waals surface area contributed by atoms with Gasteiger partial charge in [-0.15, -0.1) is 23.1 Å². The van der Waals surface area contributed by atoms with Crippen molar-refractivity contribution in [1.29, 1.82) is 0 Å². The topological polar surface area (TPSA) is 66.5 Å². The Hall–Kier alpha value is -2.07. The zero-order chi connectivity index (χ0) is 22.3. The molecule has 1 aromatic heterocycles. The second-order valence-electron chi connectivity index (χ2n) is 6.43. The summed E-state index contributed by atoms with van der Waals surface area (Å²) in [7, 11) is -3.94. The molecule has 0 fully saturated rings. The van der Waals surface area contributed by atoms with Gasteiger partial charge >= 0.3 is 0 Å². The zero-order valence-corrected chi connectivity index (χ0v) is 19.5. The summed E-state index contributed by atoms with van der Waals surface area (Å²) in [5.74, 6) is -0.127. The summed E-state index contributed by atoms with van der Waals surface area (Å²) in [4.78, 5) is 13.6. The Morgan fingerprint density at radius 2 is 1.81 bits per heavy atom. The van der Waals surface area contributed by atoms with E-state index in [9.17, 15) is 17.6 Å². The summed E-state index contributed by atoms with van der Waals surface area (Å²) >= 11 is 8.57. The van der Waals surface area contributed by atoms with Crippen LogP contribution in [0.4, 0.5) is 10.1 Å². The van der Waals surface area contributed by atoms with Crippen LogP contribution in [0, 0.1) is 5.82 Å². The molecule has 0 radical (unpaired) electrons. The number of anilines is 1. The minimum atomic E-state index is -3.94. The van der Waals surface area contributed by atoms with E-state index in [1.807, 2.05) is 24.3 Å². The third-order valence-electron chi connectivity index (χ3n) is 4.17. The van der Waals surface area contributed by atoms with Crippen molar-refractivity contribution in [2.75, 3.05) is 23.1 Å². The SMILES string of the molecule is O=C(CN(c1ccc(F)cc1)S(=O)(=O)c1cccs1)NCCCSc1ccc(Cl)cc1. The standard InChI is InChI=1S/C21H20ClFN2O3S3/c22-16-4-10-19(11-5-16)29-14-2-12-24-20(26)15-25(18-8-6-17(23)7-9-18)31(27,28)21-3-1-13-30-21/h1,3-11,13H,2,12,14-15H2,(H,24,26). The normalized spacial score (nSPS) is 11.3. The van der Waals surface area contributed by atoms with Crippen LogP contribution in [0.2, 0.25) is 5.02 Å². The molecule has 0 saturated carbocycles. The summed E-state index contributed by atoms with van der Waals surface area (Å²) in [5.41, 5.74) is 0.225. The van der Waals surface area contributed by atoms with E-state index in [0.29, 0.717) is 18.0 Å². The summed E-state index contributed by atoms with van der Waals surface area (Å²) in [5, 5.41) is 5.08. The van der Waals surface area contributed by atoms with Crippen LogP contribution in [0.1, 0.15) is 6.42 Å². The number of halogens is 2. The molecule has 3 rings (SSSR count). The fourth-order valence-corrected chi connectivity index (χ4v) is 6.15. The van der Waals surface area contributed by atoms with E-state index in [4.69, 9.17) is 11.6 Å². The van der Waals surface area contributed by atoms with Gasteiger partial charge in [0.05, 0.1) is 5.69 Å². The molecule has 0 unspecified atom stereocenters. The number of amides is 1.